The Labute approximate surface area is 188 Å². The number of hydrogen-bond acceptors (Lipinski definition) is 3. The van der Waals surface area contributed by atoms with E-state index in [1.54, 1.807) is 25.3 Å². The summed E-state index contributed by atoms with van der Waals surface area (Å²) in [5.74, 6) is 0.757. The molecule has 1 aliphatic heterocycles. The zero-order chi connectivity index (χ0) is 22.3. The molecule has 1 unspecified atom stereocenters. The maximum Gasteiger partial charge on any atom is 0.255 e. The number of likely N-dealkylation sites (tertiary alicyclic amines) is 1. The summed E-state index contributed by atoms with van der Waals surface area (Å²) < 4.78 is 5.14. The standard InChI is InChI=1S/C27H26N2O3/c1-32-23-14-11-20(12-15-23)13-16-26(30)28-25-10-6-5-9-24(25)27(31)29-18-17-22(19-29)21-7-3-2-4-8-21/h2-16,22H,17-19H2,1H3,(H,28,30)/b16-13+. The summed E-state index contributed by atoms with van der Waals surface area (Å²) in [5, 5.41) is 2.85. The molecule has 1 N–H and O–H groups in total. The van der Waals surface area contributed by atoms with Crippen molar-refractivity contribution in [2.75, 3.05) is 25.5 Å². The molecule has 162 valence electrons. The zero-order valence-electron chi connectivity index (χ0n) is 18.0. The smallest absolute Gasteiger partial charge is 0.255 e. The van der Waals surface area contributed by atoms with E-state index >= 15 is 0 Å². The summed E-state index contributed by atoms with van der Waals surface area (Å²) in [5.41, 5.74) is 3.17. The van der Waals surface area contributed by atoms with E-state index in [0.29, 0.717) is 30.3 Å². The number of methoxy groups -OCH3 is 1. The Morgan fingerprint density at radius 3 is 2.44 bits per heavy atom. The van der Waals surface area contributed by atoms with E-state index in [2.05, 4.69) is 17.4 Å². The molecule has 0 bridgehead atoms. The van der Waals surface area contributed by atoms with Crippen LogP contribution in [0.3, 0.4) is 0 Å². The maximum atomic E-state index is 13.2. The van der Waals surface area contributed by atoms with Gasteiger partial charge in [-0.3, -0.25) is 9.59 Å². The fourth-order valence-electron chi connectivity index (χ4n) is 3.95. The molecule has 1 fully saturated rings. The molecule has 1 saturated heterocycles. The van der Waals surface area contributed by atoms with Gasteiger partial charge in [-0.25, -0.2) is 0 Å². The van der Waals surface area contributed by atoms with E-state index in [1.807, 2.05) is 59.5 Å². The van der Waals surface area contributed by atoms with Crippen molar-refractivity contribution >= 4 is 23.6 Å². The molecule has 0 spiro atoms. The second-order valence-electron chi connectivity index (χ2n) is 7.79. The number of carbonyl (C=O) groups is 2. The summed E-state index contributed by atoms with van der Waals surface area (Å²) in [7, 11) is 1.61. The lowest BCUT2D eigenvalue weighted by Crippen LogP contribution is -2.29. The van der Waals surface area contributed by atoms with Crippen LogP contribution < -0.4 is 10.1 Å². The Balaban J connectivity index is 1.42. The normalized spacial score (nSPS) is 15.7. The minimum Gasteiger partial charge on any atom is -0.497 e. The number of ether oxygens (including phenoxy) is 1. The van der Waals surface area contributed by atoms with Gasteiger partial charge in [0, 0.05) is 25.1 Å². The molecule has 0 aliphatic carbocycles. The number of benzene rings is 3. The molecular weight excluding hydrogens is 400 g/mol. The van der Waals surface area contributed by atoms with E-state index in [-0.39, 0.29) is 11.8 Å². The van der Waals surface area contributed by atoms with E-state index in [4.69, 9.17) is 4.74 Å². The van der Waals surface area contributed by atoms with Crippen molar-refractivity contribution in [1.29, 1.82) is 0 Å². The molecule has 0 aromatic heterocycles. The number of nitrogens with zero attached hydrogens (tertiary/aromatic N) is 1. The van der Waals surface area contributed by atoms with Crippen LogP contribution in [0.1, 0.15) is 33.8 Å². The summed E-state index contributed by atoms with van der Waals surface area (Å²) in [6.45, 7) is 1.39. The minimum absolute atomic E-state index is 0.0570. The molecule has 2 amide bonds. The molecule has 0 radical (unpaired) electrons. The van der Waals surface area contributed by atoms with Crippen LogP contribution in [0.5, 0.6) is 5.75 Å². The first kappa shape index (κ1) is 21.4. The van der Waals surface area contributed by atoms with Crippen LogP contribution in [0.4, 0.5) is 5.69 Å². The summed E-state index contributed by atoms with van der Waals surface area (Å²) in [6, 6.07) is 24.9. The first-order chi connectivity index (χ1) is 15.6. The van der Waals surface area contributed by atoms with Crippen LogP contribution in [0.2, 0.25) is 0 Å². The molecule has 32 heavy (non-hydrogen) atoms. The van der Waals surface area contributed by atoms with Crippen molar-refractivity contribution in [1.82, 2.24) is 4.90 Å². The van der Waals surface area contributed by atoms with Crippen LogP contribution >= 0.6 is 0 Å². The molecule has 5 heteroatoms. The van der Waals surface area contributed by atoms with Gasteiger partial charge in [0.25, 0.3) is 5.91 Å². The molecule has 1 heterocycles. The van der Waals surface area contributed by atoms with Gasteiger partial charge in [-0.1, -0.05) is 54.6 Å². The third kappa shape index (κ3) is 5.06. The highest BCUT2D eigenvalue weighted by molar-refractivity contribution is 6.07. The Bertz CT molecular complexity index is 1110. The maximum absolute atomic E-state index is 13.2. The molecule has 3 aromatic rings. The molecule has 3 aromatic carbocycles. The molecule has 0 saturated carbocycles. The number of hydrogen-bond donors (Lipinski definition) is 1. The van der Waals surface area contributed by atoms with Crippen LogP contribution in [-0.4, -0.2) is 36.9 Å². The van der Waals surface area contributed by atoms with Gasteiger partial charge in [0.05, 0.1) is 18.4 Å². The number of carbonyl (C=O) groups excluding carboxylic acids is 2. The zero-order valence-corrected chi connectivity index (χ0v) is 18.0. The summed E-state index contributed by atoms with van der Waals surface area (Å²) in [4.78, 5) is 27.6. The third-order valence-corrected chi connectivity index (χ3v) is 5.70. The largest absolute Gasteiger partial charge is 0.497 e. The lowest BCUT2D eigenvalue weighted by Gasteiger charge is -2.19. The second kappa shape index (κ2) is 9.96. The Kier molecular flexibility index (Phi) is 6.66. The van der Waals surface area contributed by atoms with E-state index < -0.39 is 0 Å². The van der Waals surface area contributed by atoms with Gasteiger partial charge in [-0.2, -0.15) is 0 Å². The fraction of sp³-hybridized carbons (Fsp3) is 0.185. The monoisotopic (exact) mass is 426 g/mol. The summed E-state index contributed by atoms with van der Waals surface area (Å²) >= 11 is 0. The SMILES string of the molecule is COc1ccc(/C=C/C(=O)Nc2ccccc2C(=O)N2CCC(c3ccccc3)C2)cc1. The first-order valence-electron chi connectivity index (χ1n) is 10.7. The highest BCUT2D eigenvalue weighted by Gasteiger charge is 2.29. The predicted molar refractivity (Wildman–Crippen MR) is 127 cm³/mol. The van der Waals surface area contributed by atoms with Gasteiger partial charge in [0.1, 0.15) is 5.75 Å². The first-order valence-corrected chi connectivity index (χ1v) is 10.7. The number of nitrogens with one attached hydrogen (secondary N) is 1. The second-order valence-corrected chi connectivity index (χ2v) is 7.79. The Hall–Kier alpha value is -3.86. The van der Waals surface area contributed by atoms with Crippen LogP contribution in [-0.2, 0) is 4.79 Å². The lowest BCUT2D eigenvalue weighted by molar-refractivity contribution is -0.111. The highest BCUT2D eigenvalue weighted by atomic mass is 16.5. The van der Waals surface area contributed by atoms with Gasteiger partial charge in [-0.15, -0.1) is 0 Å². The number of anilines is 1. The molecule has 1 atom stereocenters. The number of amides is 2. The highest BCUT2D eigenvalue weighted by Crippen LogP contribution is 2.29. The third-order valence-electron chi connectivity index (χ3n) is 5.70. The van der Waals surface area contributed by atoms with E-state index in [9.17, 15) is 9.59 Å². The van der Waals surface area contributed by atoms with Crippen molar-refractivity contribution in [2.45, 2.75) is 12.3 Å². The summed E-state index contributed by atoms with van der Waals surface area (Å²) in [6.07, 6.45) is 4.13. The Morgan fingerprint density at radius 2 is 1.69 bits per heavy atom. The quantitative estimate of drug-likeness (QED) is 0.566. The predicted octanol–water partition coefficient (Wildman–Crippen LogP) is 4.98. The van der Waals surface area contributed by atoms with Gasteiger partial charge < -0.3 is 15.0 Å². The molecule has 1 aliphatic rings. The molecular formula is C27H26N2O3. The van der Waals surface area contributed by atoms with E-state index in [0.717, 1.165) is 17.7 Å². The molecule has 5 nitrogen and oxygen atoms in total. The minimum atomic E-state index is -0.287. The lowest BCUT2D eigenvalue weighted by atomic mass is 9.99. The number of rotatable bonds is 6. The van der Waals surface area contributed by atoms with Gasteiger partial charge >= 0.3 is 0 Å². The molecule has 4 rings (SSSR count). The van der Waals surface area contributed by atoms with Crippen molar-refractivity contribution in [3.63, 3.8) is 0 Å². The average Bonchev–Trinajstić information content (AvgIpc) is 3.34. The topological polar surface area (TPSA) is 58.6 Å². The van der Waals surface area contributed by atoms with Crippen LogP contribution in [0, 0.1) is 0 Å². The van der Waals surface area contributed by atoms with Crippen molar-refractivity contribution in [3.05, 3.63) is 102 Å². The van der Waals surface area contributed by atoms with Crippen LogP contribution in [0.15, 0.2) is 84.9 Å². The van der Waals surface area contributed by atoms with Crippen LogP contribution in [0.25, 0.3) is 6.08 Å². The fourth-order valence-corrected chi connectivity index (χ4v) is 3.95. The van der Waals surface area contributed by atoms with Gasteiger partial charge in [0.2, 0.25) is 5.91 Å². The van der Waals surface area contributed by atoms with Crippen molar-refractivity contribution in [2.24, 2.45) is 0 Å². The Morgan fingerprint density at radius 1 is 0.969 bits per heavy atom. The van der Waals surface area contributed by atoms with Crippen molar-refractivity contribution in [3.8, 4) is 5.75 Å². The van der Waals surface area contributed by atoms with Gasteiger partial charge in [-0.05, 0) is 47.9 Å². The van der Waals surface area contributed by atoms with Crippen molar-refractivity contribution < 1.29 is 14.3 Å². The van der Waals surface area contributed by atoms with Gasteiger partial charge in [0.15, 0.2) is 0 Å². The average molecular weight is 427 g/mol. The van der Waals surface area contributed by atoms with E-state index in [1.165, 1.54) is 11.6 Å². The number of para-hydroxylation sites is 1.